The topological polar surface area (TPSA) is 61.6 Å². The minimum Gasteiger partial charge on any atom is -0.454 e. The molecule has 2 aliphatic heterocycles. The van der Waals surface area contributed by atoms with Crippen LogP contribution >= 0.6 is 0 Å². The van der Waals surface area contributed by atoms with Gasteiger partial charge in [0.2, 0.25) is 6.79 Å². The van der Waals surface area contributed by atoms with Crippen LogP contribution in [0, 0.1) is 11.8 Å². The van der Waals surface area contributed by atoms with Gasteiger partial charge in [-0.3, -0.25) is 4.90 Å². The van der Waals surface area contributed by atoms with E-state index in [1.165, 1.54) is 17.5 Å². The second-order valence-corrected chi connectivity index (χ2v) is 9.42. The molecular weight excluding hydrogens is 416 g/mol. The number of benzene rings is 2. The highest BCUT2D eigenvalue weighted by atomic mass is 16.7. The van der Waals surface area contributed by atoms with E-state index >= 15 is 0 Å². The molecule has 1 fully saturated rings. The van der Waals surface area contributed by atoms with Crippen LogP contribution < -0.4 is 9.47 Å². The first-order valence-electron chi connectivity index (χ1n) is 11.7. The fourth-order valence-electron chi connectivity index (χ4n) is 5.34. The first-order chi connectivity index (χ1) is 16.1. The van der Waals surface area contributed by atoms with Gasteiger partial charge in [0.05, 0.1) is 5.69 Å². The van der Waals surface area contributed by atoms with E-state index in [2.05, 4.69) is 65.2 Å². The average molecular weight is 449 g/mol. The van der Waals surface area contributed by atoms with E-state index in [9.17, 15) is 0 Å². The number of hydrogen-bond acceptors (Lipinski definition) is 6. The zero-order chi connectivity index (χ0) is 22.8. The molecule has 0 aliphatic carbocycles. The molecule has 0 spiro atoms. The van der Waals surface area contributed by atoms with Crippen molar-refractivity contribution in [1.29, 1.82) is 0 Å². The Bertz CT molecular complexity index is 1040. The third kappa shape index (κ3) is 4.75. The highest BCUT2D eigenvalue weighted by Gasteiger charge is 2.31. The molecule has 0 radical (unpaired) electrons. The van der Waals surface area contributed by atoms with E-state index in [4.69, 9.17) is 14.2 Å². The molecule has 174 valence electrons. The van der Waals surface area contributed by atoms with Gasteiger partial charge in [0.15, 0.2) is 11.5 Å². The van der Waals surface area contributed by atoms with Crippen molar-refractivity contribution < 1.29 is 14.2 Å². The van der Waals surface area contributed by atoms with Crippen LogP contribution in [0.3, 0.4) is 0 Å². The number of likely N-dealkylation sites (tertiary alicyclic amines) is 1. The fourth-order valence-corrected chi connectivity index (χ4v) is 5.34. The number of fused-ring (bicyclic) bond motifs is 1. The van der Waals surface area contributed by atoms with Gasteiger partial charge in [0.1, 0.15) is 18.9 Å². The lowest BCUT2D eigenvalue weighted by atomic mass is 9.86. The van der Waals surface area contributed by atoms with Gasteiger partial charge in [-0.15, -0.1) is 0 Å². The average Bonchev–Trinajstić information content (AvgIpc) is 3.51. The Morgan fingerprint density at radius 3 is 2.42 bits per heavy atom. The molecule has 4 unspecified atom stereocenters. The zero-order valence-corrected chi connectivity index (χ0v) is 19.6. The number of hydrogen-bond donors (Lipinski definition) is 0. The van der Waals surface area contributed by atoms with Gasteiger partial charge in [-0.2, -0.15) is 5.10 Å². The summed E-state index contributed by atoms with van der Waals surface area (Å²) >= 11 is 0. The molecule has 7 heteroatoms. The molecule has 3 heterocycles. The van der Waals surface area contributed by atoms with Crippen LogP contribution in [0.2, 0.25) is 0 Å². The molecule has 4 atom stereocenters. The third-order valence-electron chi connectivity index (χ3n) is 6.79. The highest BCUT2D eigenvalue weighted by molar-refractivity contribution is 5.48. The smallest absolute Gasteiger partial charge is 0.231 e. The number of nitrogens with zero attached hydrogens (tertiary/aromatic N) is 4. The largest absolute Gasteiger partial charge is 0.454 e. The molecule has 0 N–H and O–H groups in total. The quantitative estimate of drug-likeness (QED) is 0.532. The van der Waals surface area contributed by atoms with Crippen molar-refractivity contribution in [3.05, 3.63) is 66.2 Å². The highest BCUT2D eigenvalue weighted by Crippen LogP contribution is 2.39. The van der Waals surface area contributed by atoms with E-state index in [0.29, 0.717) is 11.8 Å². The molecule has 0 saturated carbocycles. The molecule has 3 aromatic rings. The predicted octanol–water partition coefficient (Wildman–Crippen LogP) is 4.47. The maximum Gasteiger partial charge on any atom is 0.231 e. The molecule has 0 bridgehead atoms. The van der Waals surface area contributed by atoms with Gasteiger partial charge < -0.3 is 14.2 Å². The van der Waals surface area contributed by atoms with Crippen molar-refractivity contribution in [2.45, 2.75) is 38.8 Å². The van der Waals surface area contributed by atoms with Crippen LogP contribution in [-0.2, 0) is 4.74 Å². The molecule has 2 aromatic carbocycles. The van der Waals surface area contributed by atoms with Crippen molar-refractivity contribution in [2.75, 3.05) is 27.0 Å². The van der Waals surface area contributed by atoms with Crippen molar-refractivity contribution in [1.82, 2.24) is 19.7 Å². The Hall–Kier alpha value is -2.90. The van der Waals surface area contributed by atoms with Crippen LogP contribution in [0.25, 0.3) is 5.69 Å². The SMILES string of the molecule is COC(CC(c1ccc(-n2cncn2)cc1)c1ccc2c(c1)OCO2)N1CC(C)CC(C)C1. The molecule has 2 aliphatic rings. The lowest BCUT2D eigenvalue weighted by Crippen LogP contribution is -2.46. The Kier molecular flexibility index (Phi) is 6.33. The van der Waals surface area contributed by atoms with E-state index in [-0.39, 0.29) is 18.9 Å². The van der Waals surface area contributed by atoms with Crippen molar-refractivity contribution >= 4 is 0 Å². The van der Waals surface area contributed by atoms with Gasteiger partial charge >= 0.3 is 0 Å². The van der Waals surface area contributed by atoms with Gasteiger partial charge in [-0.05, 0) is 60.1 Å². The summed E-state index contributed by atoms with van der Waals surface area (Å²) in [6.07, 6.45) is 5.44. The van der Waals surface area contributed by atoms with Crippen molar-refractivity contribution in [3.8, 4) is 17.2 Å². The fraction of sp³-hybridized carbons (Fsp3) is 0.462. The minimum absolute atomic E-state index is 0.0422. The number of ether oxygens (including phenoxy) is 3. The molecule has 5 rings (SSSR count). The summed E-state index contributed by atoms with van der Waals surface area (Å²) in [6.45, 7) is 7.10. The molecule has 7 nitrogen and oxygen atoms in total. The minimum atomic E-state index is 0.0422. The monoisotopic (exact) mass is 448 g/mol. The van der Waals surface area contributed by atoms with Crippen molar-refractivity contribution in [2.24, 2.45) is 11.8 Å². The van der Waals surface area contributed by atoms with Gasteiger partial charge in [0.25, 0.3) is 0 Å². The van der Waals surface area contributed by atoms with Crippen LogP contribution in [0.1, 0.15) is 43.7 Å². The Morgan fingerprint density at radius 1 is 1.00 bits per heavy atom. The normalized spacial score (nSPS) is 22.3. The number of rotatable bonds is 7. The summed E-state index contributed by atoms with van der Waals surface area (Å²) in [4.78, 5) is 6.57. The van der Waals surface area contributed by atoms with E-state index in [1.807, 2.05) is 13.2 Å². The summed E-state index contributed by atoms with van der Waals surface area (Å²) in [7, 11) is 1.83. The van der Waals surface area contributed by atoms with Gasteiger partial charge in [0, 0.05) is 26.1 Å². The van der Waals surface area contributed by atoms with E-state index < -0.39 is 0 Å². The van der Waals surface area contributed by atoms with Crippen molar-refractivity contribution in [3.63, 3.8) is 0 Å². The van der Waals surface area contributed by atoms with E-state index in [1.54, 1.807) is 17.3 Å². The molecule has 1 saturated heterocycles. The first kappa shape index (κ1) is 21.9. The summed E-state index contributed by atoms with van der Waals surface area (Å²) < 4.78 is 19.1. The molecular formula is C26H32N4O3. The van der Waals surface area contributed by atoms with Crippen LogP contribution in [0.4, 0.5) is 0 Å². The second-order valence-electron chi connectivity index (χ2n) is 9.42. The first-order valence-corrected chi connectivity index (χ1v) is 11.7. The molecule has 33 heavy (non-hydrogen) atoms. The Morgan fingerprint density at radius 2 is 1.73 bits per heavy atom. The maximum atomic E-state index is 6.08. The summed E-state index contributed by atoms with van der Waals surface area (Å²) in [6, 6.07) is 14.8. The lowest BCUT2D eigenvalue weighted by molar-refractivity contribution is -0.0664. The zero-order valence-electron chi connectivity index (χ0n) is 19.6. The van der Waals surface area contributed by atoms with Crippen LogP contribution in [-0.4, -0.2) is 52.9 Å². The summed E-state index contributed by atoms with van der Waals surface area (Å²) in [5, 5.41) is 4.24. The van der Waals surface area contributed by atoms with Gasteiger partial charge in [-0.1, -0.05) is 32.0 Å². The van der Waals surface area contributed by atoms with Crippen LogP contribution in [0.15, 0.2) is 55.1 Å². The number of piperidine rings is 1. The summed E-state index contributed by atoms with van der Waals surface area (Å²) in [5.41, 5.74) is 3.42. The number of methoxy groups -OCH3 is 1. The number of aromatic nitrogens is 3. The lowest BCUT2D eigenvalue weighted by Gasteiger charge is -2.40. The summed E-state index contributed by atoms with van der Waals surface area (Å²) in [5.74, 6) is 3.13. The van der Waals surface area contributed by atoms with Crippen LogP contribution in [0.5, 0.6) is 11.5 Å². The van der Waals surface area contributed by atoms with Gasteiger partial charge in [-0.25, -0.2) is 9.67 Å². The standard InChI is InChI=1S/C26H32N4O3/c1-18-10-19(2)14-29(13-18)26(31-3)12-23(21-6-9-24-25(11-21)33-17-32-24)20-4-7-22(8-5-20)30-16-27-15-28-30/h4-9,11,15-16,18-19,23,26H,10,12-14,17H2,1-3H3. The Balaban J connectivity index is 1.46. The predicted molar refractivity (Wildman–Crippen MR) is 126 cm³/mol. The Labute approximate surface area is 195 Å². The third-order valence-corrected chi connectivity index (χ3v) is 6.79. The second kappa shape index (κ2) is 9.53. The maximum absolute atomic E-state index is 6.08. The van der Waals surface area contributed by atoms with E-state index in [0.717, 1.165) is 36.7 Å². The molecule has 1 aromatic heterocycles. The molecule has 0 amide bonds.